The second-order valence-corrected chi connectivity index (χ2v) is 4.84. The van der Waals surface area contributed by atoms with E-state index in [2.05, 4.69) is 5.10 Å². The molecular formula is C6H8N2O2S2. The predicted octanol–water partition coefficient (Wildman–Crippen LogP) is 0.631. The summed E-state index contributed by atoms with van der Waals surface area (Å²) < 4.78 is 21.1. The number of hydrazone groups is 1. The van der Waals surface area contributed by atoms with E-state index >= 15 is 0 Å². The number of nitrogens with zero attached hydrogens (tertiary/aromatic N) is 1. The molecule has 0 unspecified atom stereocenters. The molecule has 0 aromatic carbocycles. The maximum Gasteiger partial charge on any atom is 0.244 e. The fraction of sp³-hybridized carbons (Fsp3) is 0.167. The molecule has 0 saturated heterocycles. The number of hydrogen-bond donors (Lipinski definition) is 1. The monoisotopic (exact) mass is 204 g/mol. The van der Waals surface area contributed by atoms with Crippen LogP contribution in [-0.2, 0) is 10.0 Å². The summed E-state index contributed by atoms with van der Waals surface area (Å²) in [5, 5.41) is 5.42. The van der Waals surface area contributed by atoms with Gasteiger partial charge in [-0.15, -0.1) is 11.3 Å². The van der Waals surface area contributed by atoms with Gasteiger partial charge in [0.15, 0.2) is 0 Å². The van der Waals surface area contributed by atoms with E-state index in [4.69, 9.17) is 0 Å². The molecule has 0 spiro atoms. The molecule has 0 aliphatic rings. The Morgan fingerprint density at radius 3 is 2.92 bits per heavy atom. The van der Waals surface area contributed by atoms with Crippen molar-refractivity contribution in [1.29, 1.82) is 0 Å². The predicted molar refractivity (Wildman–Crippen MR) is 49.9 cm³/mol. The molecule has 0 amide bonds. The molecule has 1 N–H and O–H groups in total. The topological polar surface area (TPSA) is 58.5 Å². The first-order valence-electron chi connectivity index (χ1n) is 3.11. The third kappa shape index (κ3) is 3.49. The van der Waals surface area contributed by atoms with E-state index in [1.165, 1.54) is 17.6 Å². The highest BCUT2D eigenvalue weighted by molar-refractivity contribution is 7.88. The molecule has 0 bridgehead atoms. The van der Waals surface area contributed by atoms with E-state index in [0.717, 1.165) is 11.1 Å². The Hall–Kier alpha value is -0.880. The zero-order valence-electron chi connectivity index (χ0n) is 6.39. The standard InChI is InChI=1S/C6H8N2O2S2/c1-12(9,10)8-7-5-6-3-2-4-11-6/h2-5,8H,1H3/b7-5-. The van der Waals surface area contributed by atoms with Gasteiger partial charge in [-0.3, -0.25) is 0 Å². The molecule has 0 fully saturated rings. The lowest BCUT2D eigenvalue weighted by Gasteiger charge is -1.92. The normalized spacial score (nSPS) is 12.1. The maximum atomic E-state index is 10.5. The number of rotatable bonds is 3. The van der Waals surface area contributed by atoms with Gasteiger partial charge in [0.05, 0.1) is 12.5 Å². The van der Waals surface area contributed by atoms with Crippen LogP contribution in [0.15, 0.2) is 22.6 Å². The van der Waals surface area contributed by atoms with Crippen molar-refractivity contribution in [2.24, 2.45) is 5.10 Å². The Kier molecular flexibility index (Phi) is 2.83. The lowest BCUT2D eigenvalue weighted by Crippen LogP contribution is -2.15. The van der Waals surface area contributed by atoms with Gasteiger partial charge in [0, 0.05) is 4.88 Å². The third-order valence-electron chi connectivity index (χ3n) is 0.954. The average molecular weight is 204 g/mol. The van der Waals surface area contributed by atoms with Crippen LogP contribution in [0.4, 0.5) is 0 Å². The summed E-state index contributed by atoms with van der Waals surface area (Å²) in [6, 6.07) is 3.71. The summed E-state index contributed by atoms with van der Waals surface area (Å²) in [4.78, 5) is 2.92. The maximum absolute atomic E-state index is 10.5. The highest BCUT2D eigenvalue weighted by Crippen LogP contribution is 2.03. The van der Waals surface area contributed by atoms with E-state index in [-0.39, 0.29) is 0 Å². The van der Waals surface area contributed by atoms with Crippen molar-refractivity contribution in [2.45, 2.75) is 0 Å². The van der Waals surface area contributed by atoms with Gasteiger partial charge in [-0.1, -0.05) is 6.07 Å². The molecule has 0 saturated carbocycles. The third-order valence-corrected chi connectivity index (χ3v) is 2.20. The van der Waals surface area contributed by atoms with Crippen LogP contribution in [0.5, 0.6) is 0 Å². The lowest BCUT2D eigenvalue weighted by molar-refractivity contribution is 0.591. The number of nitrogens with one attached hydrogen (secondary N) is 1. The second kappa shape index (κ2) is 3.68. The average Bonchev–Trinajstić information content (AvgIpc) is 2.36. The van der Waals surface area contributed by atoms with E-state index < -0.39 is 10.0 Å². The molecule has 1 aromatic rings. The van der Waals surface area contributed by atoms with Crippen LogP contribution in [0.3, 0.4) is 0 Å². The zero-order chi connectivity index (χ0) is 9.03. The SMILES string of the molecule is CS(=O)(=O)N/N=C\c1cccs1. The van der Waals surface area contributed by atoms with Crippen molar-refractivity contribution in [3.8, 4) is 0 Å². The minimum absolute atomic E-state index is 0.908. The minimum atomic E-state index is -3.22. The fourth-order valence-electron chi connectivity index (χ4n) is 0.550. The van der Waals surface area contributed by atoms with Gasteiger partial charge in [0.25, 0.3) is 0 Å². The molecule has 4 nitrogen and oxygen atoms in total. The summed E-state index contributed by atoms with van der Waals surface area (Å²) in [6.07, 6.45) is 2.52. The Labute approximate surface area is 75.0 Å². The Morgan fingerprint density at radius 2 is 2.42 bits per heavy atom. The van der Waals surface area contributed by atoms with Gasteiger partial charge in [-0.2, -0.15) is 5.10 Å². The van der Waals surface area contributed by atoms with Crippen LogP contribution in [0.25, 0.3) is 0 Å². The number of thiophene rings is 1. The quantitative estimate of drug-likeness (QED) is 0.580. The van der Waals surface area contributed by atoms with Crippen LogP contribution >= 0.6 is 11.3 Å². The van der Waals surface area contributed by atoms with Gasteiger partial charge in [0.2, 0.25) is 10.0 Å². The molecule has 1 heterocycles. The molecule has 0 aliphatic heterocycles. The first-order valence-corrected chi connectivity index (χ1v) is 5.88. The van der Waals surface area contributed by atoms with Gasteiger partial charge in [0.1, 0.15) is 0 Å². The Balaban J connectivity index is 2.54. The molecule has 1 rings (SSSR count). The molecule has 1 aromatic heterocycles. The molecule has 12 heavy (non-hydrogen) atoms. The Bertz CT molecular complexity index is 353. The van der Waals surface area contributed by atoms with E-state index in [1.807, 2.05) is 22.3 Å². The highest BCUT2D eigenvalue weighted by Gasteiger charge is 1.94. The summed E-state index contributed by atoms with van der Waals surface area (Å²) in [7, 11) is -3.22. The van der Waals surface area contributed by atoms with Crippen molar-refractivity contribution < 1.29 is 8.42 Å². The smallest absolute Gasteiger partial charge is 0.206 e. The van der Waals surface area contributed by atoms with Crippen molar-refractivity contribution >= 4 is 27.6 Å². The zero-order valence-corrected chi connectivity index (χ0v) is 8.02. The number of hydrogen-bond acceptors (Lipinski definition) is 4. The summed E-state index contributed by atoms with van der Waals surface area (Å²) >= 11 is 1.49. The second-order valence-electron chi connectivity index (χ2n) is 2.14. The van der Waals surface area contributed by atoms with Gasteiger partial charge < -0.3 is 0 Å². The highest BCUT2D eigenvalue weighted by atomic mass is 32.2. The van der Waals surface area contributed by atoms with Crippen molar-refractivity contribution in [3.63, 3.8) is 0 Å². The first kappa shape index (κ1) is 9.21. The van der Waals surface area contributed by atoms with Gasteiger partial charge in [-0.05, 0) is 11.4 Å². The van der Waals surface area contributed by atoms with Crippen molar-refractivity contribution in [1.82, 2.24) is 4.83 Å². The van der Waals surface area contributed by atoms with Crippen LogP contribution in [0, 0.1) is 0 Å². The lowest BCUT2D eigenvalue weighted by atomic mass is 10.5. The molecular weight excluding hydrogens is 196 g/mol. The van der Waals surface area contributed by atoms with Crippen LogP contribution in [0.2, 0.25) is 0 Å². The molecule has 0 radical (unpaired) electrons. The molecule has 0 aliphatic carbocycles. The van der Waals surface area contributed by atoms with Crippen LogP contribution < -0.4 is 4.83 Å². The first-order chi connectivity index (χ1) is 5.58. The van der Waals surface area contributed by atoms with E-state index in [0.29, 0.717) is 0 Å². The van der Waals surface area contributed by atoms with Gasteiger partial charge >= 0.3 is 0 Å². The summed E-state index contributed by atoms with van der Waals surface area (Å²) in [6.45, 7) is 0. The van der Waals surface area contributed by atoms with Gasteiger partial charge in [-0.25, -0.2) is 13.2 Å². The summed E-state index contributed by atoms with van der Waals surface area (Å²) in [5.41, 5.74) is 0. The minimum Gasteiger partial charge on any atom is -0.206 e. The fourth-order valence-corrected chi connectivity index (χ4v) is 1.38. The molecule has 0 atom stereocenters. The number of sulfonamides is 1. The molecule has 6 heteroatoms. The van der Waals surface area contributed by atoms with Crippen molar-refractivity contribution in [2.75, 3.05) is 6.26 Å². The molecule has 66 valence electrons. The van der Waals surface area contributed by atoms with Crippen molar-refractivity contribution in [3.05, 3.63) is 22.4 Å². The van der Waals surface area contributed by atoms with E-state index in [9.17, 15) is 8.42 Å². The van der Waals surface area contributed by atoms with Crippen LogP contribution in [0.1, 0.15) is 4.88 Å². The largest absolute Gasteiger partial charge is 0.244 e. The summed E-state index contributed by atoms with van der Waals surface area (Å²) in [5.74, 6) is 0. The van der Waals surface area contributed by atoms with E-state index in [1.54, 1.807) is 0 Å². The Morgan fingerprint density at radius 1 is 1.67 bits per heavy atom. The van der Waals surface area contributed by atoms with Crippen LogP contribution in [-0.4, -0.2) is 20.9 Å².